The molecule has 0 spiro atoms. The Balaban J connectivity index is 1.50. The third-order valence-corrected chi connectivity index (χ3v) is 4.35. The van der Waals surface area contributed by atoms with Crippen molar-refractivity contribution in [3.8, 4) is 11.3 Å². The van der Waals surface area contributed by atoms with Crippen molar-refractivity contribution in [3.63, 3.8) is 0 Å². The number of pyridine rings is 2. The largest absolute Gasteiger partial charge is 0.379 e. The molecule has 0 saturated carbocycles. The number of aromatic nitrogens is 4. The second-order valence-corrected chi connectivity index (χ2v) is 6.39. The minimum Gasteiger partial charge on any atom is -0.379 e. The first-order chi connectivity index (χ1) is 12.7. The quantitative estimate of drug-likeness (QED) is 0.672. The lowest BCUT2D eigenvalue weighted by Crippen LogP contribution is -2.42. The van der Waals surface area contributed by atoms with E-state index in [2.05, 4.69) is 30.8 Å². The Hall–Kier alpha value is -3.00. The first-order valence-corrected chi connectivity index (χ1v) is 8.61. The van der Waals surface area contributed by atoms with Crippen LogP contribution in [0.2, 0.25) is 0 Å². The molecule has 8 heteroatoms. The summed E-state index contributed by atoms with van der Waals surface area (Å²) in [6, 6.07) is 5.42. The van der Waals surface area contributed by atoms with Crippen LogP contribution in [0.1, 0.15) is 18.5 Å². The van der Waals surface area contributed by atoms with Gasteiger partial charge in [-0.05, 0) is 31.9 Å². The molecule has 1 unspecified atom stereocenters. The summed E-state index contributed by atoms with van der Waals surface area (Å²) < 4.78 is 5.37. The molecule has 3 N–H and O–H groups in total. The van der Waals surface area contributed by atoms with Crippen LogP contribution in [-0.4, -0.2) is 45.5 Å². The first-order valence-electron chi connectivity index (χ1n) is 8.61. The van der Waals surface area contributed by atoms with Crippen LogP contribution in [0, 0.1) is 6.92 Å². The van der Waals surface area contributed by atoms with Gasteiger partial charge in [-0.15, -0.1) is 0 Å². The Morgan fingerprint density at radius 1 is 1.35 bits per heavy atom. The molecule has 1 saturated heterocycles. The summed E-state index contributed by atoms with van der Waals surface area (Å²) in [4.78, 5) is 20.7. The first kappa shape index (κ1) is 16.5. The van der Waals surface area contributed by atoms with Gasteiger partial charge in [0, 0.05) is 41.7 Å². The van der Waals surface area contributed by atoms with Crippen LogP contribution in [-0.2, 0) is 4.74 Å². The van der Waals surface area contributed by atoms with E-state index in [1.807, 2.05) is 19.1 Å². The fourth-order valence-corrected chi connectivity index (χ4v) is 3.09. The number of carbonyl (C=O) groups is 1. The monoisotopic (exact) mass is 352 g/mol. The van der Waals surface area contributed by atoms with Gasteiger partial charge in [0.2, 0.25) is 0 Å². The van der Waals surface area contributed by atoms with Gasteiger partial charge in [0.05, 0.1) is 18.2 Å². The number of urea groups is 1. The van der Waals surface area contributed by atoms with Crippen molar-refractivity contribution in [2.75, 3.05) is 18.5 Å². The van der Waals surface area contributed by atoms with Gasteiger partial charge in [-0.1, -0.05) is 0 Å². The normalized spacial score (nSPS) is 17.2. The standard InChI is InChI=1S/C18H20N6O2/c1-11-7-12(4-5-19-11)17-14-9-20-16(8-15(14)23-24-17)22-18(25)21-13-3-2-6-26-10-13/h4-5,7-9,13H,2-3,6,10H2,1H3,(H,23,24)(H2,20,21,22,25). The molecule has 0 aromatic carbocycles. The Morgan fingerprint density at radius 2 is 2.27 bits per heavy atom. The highest BCUT2D eigenvalue weighted by molar-refractivity contribution is 5.95. The molecule has 26 heavy (non-hydrogen) atoms. The number of fused-ring (bicyclic) bond motifs is 1. The second-order valence-electron chi connectivity index (χ2n) is 6.39. The van der Waals surface area contributed by atoms with Crippen molar-refractivity contribution in [3.05, 3.63) is 36.3 Å². The third-order valence-electron chi connectivity index (χ3n) is 4.35. The molecule has 4 heterocycles. The minimum absolute atomic E-state index is 0.0427. The Kier molecular flexibility index (Phi) is 4.49. The predicted molar refractivity (Wildman–Crippen MR) is 97.9 cm³/mol. The highest BCUT2D eigenvalue weighted by Crippen LogP contribution is 2.26. The Morgan fingerprint density at radius 3 is 3.08 bits per heavy atom. The van der Waals surface area contributed by atoms with Crippen molar-refractivity contribution in [1.29, 1.82) is 0 Å². The Bertz CT molecular complexity index is 932. The number of anilines is 1. The number of hydrogen-bond donors (Lipinski definition) is 3. The number of hydrogen-bond acceptors (Lipinski definition) is 5. The van der Waals surface area contributed by atoms with Crippen LogP contribution < -0.4 is 10.6 Å². The maximum absolute atomic E-state index is 12.1. The number of rotatable bonds is 3. The fraction of sp³-hybridized carbons (Fsp3) is 0.333. The van der Waals surface area contributed by atoms with Gasteiger partial charge < -0.3 is 10.1 Å². The maximum atomic E-state index is 12.1. The van der Waals surface area contributed by atoms with Crippen LogP contribution in [0.3, 0.4) is 0 Å². The van der Waals surface area contributed by atoms with Crippen molar-refractivity contribution in [2.24, 2.45) is 0 Å². The molecular weight excluding hydrogens is 332 g/mol. The molecule has 0 bridgehead atoms. The summed E-state index contributed by atoms with van der Waals surface area (Å²) in [5.41, 5.74) is 3.52. The molecule has 8 nitrogen and oxygen atoms in total. The van der Waals surface area contributed by atoms with E-state index in [0.29, 0.717) is 12.4 Å². The molecule has 1 aliphatic rings. The number of ether oxygens (including phenoxy) is 1. The van der Waals surface area contributed by atoms with E-state index >= 15 is 0 Å². The number of nitrogens with zero attached hydrogens (tertiary/aromatic N) is 3. The summed E-state index contributed by atoms with van der Waals surface area (Å²) in [5.74, 6) is 0.466. The number of carbonyl (C=O) groups excluding carboxylic acids is 1. The minimum atomic E-state index is -0.281. The van der Waals surface area contributed by atoms with Crippen molar-refractivity contribution < 1.29 is 9.53 Å². The number of H-pyrrole nitrogens is 1. The van der Waals surface area contributed by atoms with E-state index in [1.54, 1.807) is 18.5 Å². The van der Waals surface area contributed by atoms with Crippen LogP contribution in [0.5, 0.6) is 0 Å². The van der Waals surface area contributed by atoms with E-state index in [9.17, 15) is 4.79 Å². The summed E-state index contributed by atoms with van der Waals surface area (Å²) in [5, 5.41) is 13.9. The van der Waals surface area contributed by atoms with Gasteiger partial charge >= 0.3 is 6.03 Å². The average molecular weight is 352 g/mol. The van der Waals surface area contributed by atoms with E-state index < -0.39 is 0 Å². The predicted octanol–water partition coefficient (Wildman–Crippen LogP) is 2.63. The van der Waals surface area contributed by atoms with Crippen LogP contribution >= 0.6 is 0 Å². The van der Waals surface area contributed by atoms with Gasteiger partial charge in [0.15, 0.2) is 0 Å². The van der Waals surface area contributed by atoms with E-state index in [-0.39, 0.29) is 12.1 Å². The molecule has 0 radical (unpaired) electrons. The fourth-order valence-electron chi connectivity index (χ4n) is 3.09. The maximum Gasteiger partial charge on any atom is 0.320 e. The van der Waals surface area contributed by atoms with E-state index in [0.717, 1.165) is 47.3 Å². The van der Waals surface area contributed by atoms with Crippen molar-refractivity contribution in [1.82, 2.24) is 25.5 Å². The highest BCUT2D eigenvalue weighted by atomic mass is 16.5. The number of aromatic amines is 1. The molecule has 134 valence electrons. The zero-order chi connectivity index (χ0) is 17.9. The summed E-state index contributed by atoms with van der Waals surface area (Å²) in [7, 11) is 0. The van der Waals surface area contributed by atoms with E-state index in [4.69, 9.17) is 4.74 Å². The molecule has 4 rings (SSSR count). The molecule has 3 aromatic rings. The molecule has 3 aromatic heterocycles. The van der Waals surface area contributed by atoms with Crippen LogP contribution in [0.4, 0.5) is 10.6 Å². The highest BCUT2D eigenvalue weighted by Gasteiger charge is 2.17. The van der Waals surface area contributed by atoms with Crippen molar-refractivity contribution >= 4 is 22.8 Å². The summed E-state index contributed by atoms with van der Waals surface area (Å²) >= 11 is 0. The van der Waals surface area contributed by atoms with Gasteiger partial charge in [0.25, 0.3) is 0 Å². The molecule has 2 amide bonds. The topological polar surface area (TPSA) is 105 Å². The number of nitrogens with one attached hydrogen (secondary N) is 3. The second kappa shape index (κ2) is 7.09. The van der Waals surface area contributed by atoms with Crippen LogP contribution in [0.25, 0.3) is 22.2 Å². The van der Waals surface area contributed by atoms with Gasteiger partial charge in [-0.2, -0.15) is 5.10 Å². The van der Waals surface area contributed by atoms with Gasteiger partial charge in [-0.3, -0.25) is 15.4 Å². The number of aryl methyl sites for hydroxylation is 1. The molecule has 1 aliphatic heterocycles. The lowest BCUT2D eigenvalue weighted by atomic mass is 10.1. The van der Waals surface area contributed by atoms with Gasteiger partial charge in [-0.25, -0.2) is 9.78 Å². The van der Waals surface area contributed by atoms with E-state index in [1.165, 1.54) is 0 Å². The molecule has 1 atom stereocenters. The molecule has 1 fully saturated rings. The summed E-state index contributed by atoms with van der Waals surface area (Å²) in [6.45, 7) is 3.25. The lowest BCUT2D eigenvalue weighted by molar-refractivity contribution is 0.0739. The smallest absolute Gasteiger partial charge is 0.320 e. The zero-order valence-electron chi connectivity index (χ0n) is 14.5. The molecular formula is C18H20N6O2. The van der Waals surface area contributed by atoms with Crippen molar-refractivity contribution in [2.45, 2.75) is 25.8 Å². The number of amides is 2. The van der Waals surface area contributed by atoms with Gasteiger partial charge in [0.1, 0.15) is 11.5 Å². The molecule has 0 aliphatic carbocycles. The Labute approximate surface area is 150 Å². The zero-order valence-corrected chi connectivity index (χ0v) is 14.5. The van der Waals surface area contributed by atoms with Crippen LogP contribution in [0.15, 0.2) is 30.6 Å². The third kappa shape index (κ3) is 3.50. The lowest BCUT2D eigenvalue weighted by Gasteiger charge is -2.23. The SMILES string of the molecule is Cc1cc(-c2n[nH]c3cc(NC(=O)NC4CCCOC4)ncc23)ccn1. The summed E-state index contributed by atoms with van der Waals surface area (Å²) in [6.07, 6.45) is 5.35. The average Bonchev–Trinajstić information content (AvgIpc) is 3.05.